The summed E-state index contributed by atoms with van der Waals surface area (Å²) >= 11 is 0. The normalized spacial score (nSPS) is 12.1. The number of carbonyl (C=O) groups excluding carboxylic acids is 2. The van der Waals surface area contributed by atoms with Gasteiger partial charge >= 0.3 is 12.2 Å². The molecule has 0 saturated carbocycles. The number of nitrogens with zero attached hydrogens (tertiary/aromatic N) is 4. The lowest BCUT2D eigenvalue weighted by Crippen LogP contribution is -2.33. The van der Waals surface area contributed by atoms with Crippen molar-refractivity contribution in [3.63, 3.8) is 0 Å². The highest BCUT2D eigenvalue weighted by Gasteiger charge is 2.24. The molecular formula is C34H40FN5O7S. The van der Waals surface area contributed by atoms with Gasteiger partial charge in [-0.1, -0.05) is 11.2 Å². The van der Waals surface area contributed by atoms with Gasteiger partial charge in [0.25, 0.3) is 0 Å². The molecule has 1 aromatic carbocycles. The molecule has 0 unspecified atom stereocenters. The lowest BCUT2D eigenvalue weighted by Gasteiger charge is -2.24. The highest BCUT2D eigenvalue weighted by atomic mass is 32.2. The maximum absolute atomic E-state index is 15.4. The molecule has 0 fully saturated rings. The molecule has 0 aliphatic rings. The fourth-order valence-corrected chi connectivity index (χ4v) is 5.36. The Bertz CT molecular complexity index is 1910. The Labute approximate surface area is 279 Å². The first kappa shape index (κ1) is 36.0. The molecule has 3 heterocycles. The minimum absolute atomic E-state index is 0.0794. The summed E-state index contributed by atoms with van der Waals surface area (Å²) in [4.78, 5) is 35.2. The average Bonchev–Trinajstić information content (AvgIpc) is 3.45. The number of nitrogens with one attached hydrogen (secondary N) is 1. The smallest absolute Gasteiger partial charge is 0.413 e. The summed E-state index contributed by atoms with van der Waals surface area (Å²) < 4.78 is 56.9. The van der Waals surface area contributed by atoms with Gasteiger partial charge < -0.3 is 18.9 Å². The summed E-state index contributed by atoms with van der Waals surface area (Å²) in [7, 11) is -1.96. The Balaban J connectivity index is 1.67. The molecule has 3 aromatic heterocycles. The average molecular weight is 682 g/mol. The van der Waals surface area contributed by atoms with E-state index in [1.54, 1.807) is 80.6 Å². The Kier molecular flexibility index (Phi) is 10.3. The summed E-state index contributed by atoms with van der Waals surface area (Å²) in [5.74, 6) is -0.363. The molecule has 0 aliphatic carbocycles. The number of pyridine rings is 2. The van der Waals surface area contributed by atoms with Crippen molar-refractivity contribution in [2.24, 2.45) is 0 Å². The predicted molar refractivity (Wildman–Crippen MR) is 178 cm³/mol. The number of ether oxygens (including phenoxy) is 2. The third-order valence-corrected chi connectivity index (χ3v) is 8.84. The minimum Gasteiger partial charge on any atom is -0.444 e. The van der Waals surface area contributed by atoms with E-state index in [1.165, 1.54) is 41.6 Å². The molecule has 0 bridgehead atoms. The zero-order chi connectivity index (χ0) is 35.6. The van der Waals surface area contributed by atoms with E-state index in [0.717, 1.165) is 0 Å². The molecule has 0 atom stereocenters. The van der Waals surface area contributed by atoms with Crippen LogP contribution in [0.3, 0.4) is 0 Å². The van der Waals surface area contributed by atoms with E-state index >= 15 is 4.39 Å². The quantitative estimate of drug-likeness (QED) is 0.198. The van der Waals surface area contributed by atoms with Crippen LogP contribution in [0.15, 0.2) is 64.3 Å². The fourth-order valence-electron chi connectivity index (χ4n) is 4.36. The number of amides is 2. The van der Waals surface area contributed by atoms with Crippen LogP contribution in [0.2, 0.25) is 0 Å². The van der Waals surface area contributed by atoms with E-state index in [2.05, 4.69) is 20.4 Å². The summed E-state index contributed by atoms with van der Waals surface area (Å²) in [5, 5.41) is 6.07. The van der Waals surface area contributed by atoms with Gasteiger partial charge in [0.15, 0.2) is 15.6 Å². The first-order chi connectivity index (χ1) is 22.2. The molecule has 0 saturated heterocycles. The number of hydrogen-bond donors (Lipinski definition) is 1. The van der Waals surface area contributed by atoms with Crippen molar-refractivity contribution in [3.05, 3.63) is 66.2 Å². The van der Waals surface area contributed by atoms with Crippen molar-refractivity contribution in [1.82, 2.24) is 20.0 Å². The van der Waals surface area contributed by atoms with Crippen LogP contribution in [0.4, 0.5) is 19.8 Å². The van der Waals surface area contributed by atoms with Crippen LogP contribution in [0.25, 0.3) is 33.8 Å². The zero-order valence-corrected chi connectivity index (χ0v) is 29.2. The van der Waals surface area contributed by atoms with Crippen molar-refractivity contribution in [2.45, 2.75) is 83.3 Å². The molecule has 0 spiro atoms. The zero-order valence-electron chi connectivity index (χ0n) is 28.4. The van der Waals surface area contributed by atoms with Crippen molar-refractivity contribution in [3.8, 4) is 33.8 Å². The number of sulfone groups is 1. The monoisotopic (exact) mass is 681 g/mol. The number of carbonyl (C=O) groups is 2. The first-order valence-electron chi connectivity index (χ1n) is 15.1. The van der Waals surface area contributed by atoms with Gasteiger partial charge in [-0.3, -0.25) is 10.3 Å². The Hall–Kier alpha value is -4.85. The third kappa shape index (κ3) is 8.94. The van der Waals surface area contributed by atoms with E-state index in [-0.39, 0.29) is 39.8 Å². The van der Waals surface area contributed by atoms with Gasteiger partial charge in [-0.2, -0.15) is 0 Å². The standard InChI is InChI=1S/C34H40FN5O7S/c1-20(2)48(43,44)23-11-13-27(36-18-23)22-15-25(30(37-17-22)38-31(41)45-33(3,4)5)29-16-28(39-47-29)24-12-10-21(14-26(24)35)19-40(9)32(42)46-34(6,7)8/h10-18,20H,19H2,1-9H3,(H,37,38,41). The second-order valence-corrected chi connectivity index (χ2v) is 16.0. The molecule has 14 heteroatoms. The van der Waals surface area contributed by atoms with Gasteiger partial charge in [-0.25, -0.2) is 27.4 Å². The third-order valence-electron chi connectivity index (χ3n) is 6.70. The lowest BCUT2D eigenvalue weighted by molar-refractivity contribution is 0.0284. The Morgan fingerprint density at radius 2 is 1.60 bits per heavy atom. The lowest BCUT2D eigenvalue weighted by atomic mass is 10.1. The van der Waals surface area contributed by atoms with Crippen LogP contribution in [0.5, 0.6) is 0 Å². The second-order valence-electron chi connectivity index (χ2n) is 13.4. The van der Waals surface area contributed by atoms with Crippen molar-refractivity contribution in [1.29, 1.82) is 0 Å². The summed E-state index contributed by atoms with van der Waals surface area (Å²) in [6, 6.07) is 10.7. The van der Waals surface area contributed by atoms with E-state index < -0.39 is 44.3 Å². The van der Waals surface area contributed by atoms with Gasteiger partial charge in [-0.05, 0) is 91.3 Å². The summed E-state index contributed by atoms with van der Waals surface area (Å²) in [6.07, 6.45) is 1.44. The van der Waals surface area contributed by atoms with Gasteiger partial charge in [0.1, 0.15) is 28.5 Å². The molecule has 1 N–H and O–H groups in total. The first-order valence-corrected chi connectivity index (χ1v) is 16.7. The molecular weight excluding hydrogens is 641 g/mol. The fraction of sp³-hybridized carbons (Fsp3) is 0.382. The molecule has 4 rings (SSSR count). The largest absolute Gasteiger partial charge is 0.444 e. The van der Waals surface area contributed by atoms with Gasteiger partial charge in [0, 0.05) is 43.2 Å². The van der Waals surface area contributed by atoms with Gasteiger partial charge in [-0.15, -0.1) is 0 Å². The molecule has 4 aromatic rings. The van der Waals surface area contributed by atoms with Crippen molar-refractivity contribution < 1.29 is 36.4 Å². The van der Waals surface area contributed by atoms with Crippen LogP contribution in [-0.2, 0) is 25.9 Å². The maximum atomic E-state index is 15.4. The second kappa shape index (κ2) is 13.7. The molecule has 0 radical (unpaired) electrons. The predicted octanol–water partition coefficient (Wildman–Crippen LogP) is 7.50. The maximum Gasteiger partial charge on any atom is 0.413 e. The summed E-state index contributed by atoms with van der Waals surface area (Å²) in [5.41, 5.74) is 0.580. The van der Waals surface area contributed by atoms with Crippen LogP contribution >= 0.6 is 0 Å². The molecule has 48 heavy (non-hydrogen) atoms. The van der Waals surface area contributed by atoms with Gasteiger partial charge in [0.05, 0.1) is 21.4 Å². The molecule has 0 aliphatic heterocycles. The molecule has 256 valence electrons. The summed E-state index contributed by atoms with van der Waals surface area (Å²) in [6.45, 7) is 13.7. The Morgan fingerprint density at radius 1 is 0.917 bits per heavy atom. The number of rotatable bonds is 8. The van der Waals surface area contributed by atoms with Crippen LogP contribution in [0.1, 0.15) is 61.0 Å². The number of benzene rings is 1. The van der Waals surface area contributed by atoms with Gasteiger partial charge in [0.2, 0.25) is 0 Å². The Morgan fingerprint density at radius 3 is 2.19 bits per heavy atom. The van der Waals surface area contributed by atoms with E-state index in [0.29, 0.717) is 16.8 Å². The highest BCUT2D eigenvalue weighted by Crippen LogP contribution is 2.34. The number of halogens is 1. The van der Waals surface area contributed by atoms with Crippen LogP contribution in [-0.4, -0.2) is 64.1 Å². The van der Waals surface area contributed by atoms with Crippen LogP contribution in [0, 0.1) is 5.82 Å². The minimum atomic E-state index is -3.53. The molecule has 12 nitrogen and oxygen atoms in total. The van der Waals surface area contributed by atoms with Crippen LogP contribution < -0.4 is 5.32 Å². The number of hydrogen-bond acceptors (Lipinski definition) is 10. The highest BCUT2D eigenvalue weighted by molar-refractivity contribution is 7.92. The number of anilines is 1. The number of aromatic nitrogens is 3. The van der Waals surface area contributed by atoms with Crippen molar-refractivity contribution >= 4 is 27.8 Å². The van der Waals surface area contributed by atoms with E-state index in [4.69, 9.17) is 14.0 Å². The van der Waals surface area contributed by atoms with Crippen molar-refractivity contribution in [2.75, 3.05) is 12.4 Å². The SMILES string of the molecule is CC(C)S(=O)(=O)c1ccc(-c2cnc(NC(=O)OC(C)(C)C)c(-c3cc(-c4ccc(CN(C)C(=O)OC(C)(C)C)cc4F)no3)c2)nc1. The molecule has 2 amide bonds. The topological polar surface area (TPSA) is 154 Å². The van der Waals surface area contributed by atoms with E-state index in [1.807, 2.05) is 0 Å². The van der Waals surface area contributed by atoms with E-state index in [9.17, 15) is 18.0 Å².